The fourth-order valence-electron chi connectivity index (χ4n) is 3.23. The molecule has 5 nitrogen and oxygen atoms in total. The van der Waals surface area contributed by atoms with Crippen molar-refractivity contribution < 1.29 is 4.79 Å². The number of anilines is 1. The molecule has 2 heterocycles. The van der Waals surface area contributed by atoms with Gasteiger partial charge >= 0.3 is 0 Å². The highest BCUT2D eigenvalue weighted by atomic mass is 16.1. The van der Waals surface area contributed by atoms with Crippen LogP contribution < -0.4 is 5.32 Å². The van der Waals surface area contributed by atoms with Crippen molar-refractivity contribution in [1.82, 2.24) is 14.3 Å². The largest absolute Gasteiger partial charge is 0.350 e. The lowest BCUT2D eigenvalue weighted by Crippen LogP contribution is -2.15. The summed E-state index contributed by atoms with van der Waals surface area (Å²) in [6, 6.07) is 8.15. The highest BCUT2D eigenvalue weighted by Crippen LogP contribution is 2.23. The average molecular weight is 324 g/mol. The van der Waals surface area contributed by atoms with Gasteiger partial charge in [-0.15, -0.1) is 0 Å². The Morgan fingerprint density at radius 2 is 2.00 bits per heavy atom. The van der Waals surface area contributed by atoms with E-state index in [2.05, 4.69) is 34.0 Å². The summed E-state index contributed by atoms with van der Waals surface area (Å²) in [5.41, 5.74) is 4.91. The molecule has 0 radical (unpaired) electrons. The van der Waals surface area contributed by atoms with E-state index < -0.39 is 0 Å². The molecule has 0 fully saturated rings. The lowest BCUT2D eigenvalue weighted by atomic mass is 10.1. The van der Waals surface area contributed by atoms with Crippen molar-refractivity contribution in [2.75, 3.05) is 5.32 Å². The Morgan fingerprint density at radius 3 is 2.75 bits per heavy atom. The molecule has 0 bridgehead atoms. The van der Waals surface area contributed by atoms with Crippen molar-refractivity contribution in [3.63, 3.8) is 0 Å². The number of fused-ring (bicyclic) bond motifs is 1. The molecule has 3 rings (SSSR count). The van der Waals surface area contributed by atoms with Gasteiger partial charge in [0.05, 0.1) is 23.5 Å². The molecule has 1 N–H and O–H groups in total. The minimum absolute atomic E-state index is 0.00592. The zero-order valence-electron chi connectivity index (χ0n) is 14.8. The minimum Gasteiger partial charge on any atom is -0.350 e. The number of rotatable bonds is 5. The van der Waals surface area contributed by atoms with Gasteiger partial charge in [-0.1, -0.05) is 25.1 Å². The van der Waals surface area contributed by atoms with Gasteiger partial charge in [0.15, 0.2) is 0 Å². The topological polar surface area (TPSA) is 51.9 Å². The molecule has 0 aliphatic rings. The van der Waals surface area contributed by atoms with Crippen LogP contribution in [0.1, 0.15) is 30.3 Å². The van der Waals surface area contributed by atoms with Gasteiger partial charge in [0.1, 0.15) is 0 Å². The molecule has 0 aliphatic heterocycles. The van der Waals surface area contributed by atoms with E-state index in [0.717, 1.165) is 46.5 Å². The van der Waals surface area contributed by atoms with E-state index in [-0.39, 0.29) is 5.91 Å². The van der Waals surface area contributed by atoms with Crippen molar-refractivity contribution >= 4 is 22.5 Å². The van der Waals surface area contributed by atoms with Crippen LogP contribution in [0.2, 0.25) is 0 Å². The number of para-hydroxylation sites is 1. The number of nitrogens with zero attached hydrogens (tertiary/aromatic N) is 3. The first kappa shape index (κ1) is 16.3. The summed E-state index contributed by atoms with van der Waals surface area (Å²) >= 11 is 0. The maximum Gasteiger partial charge on any atom is 0.228 e. The second kappa shape index (κ2) is 6.51. The summed E-state index contributed by atoms with van der Waals surface area (Å²) < 4.78 is 4.02. The molecule has 0 unspecified atom stereocenters. The van der Waals surface area contributed by atoms with Crippen LogP contribution >= 0.6 is 0 Å². The van der Waals surface area contributed by atoms with Gasteiger partial charge in [0.25, 0.3) is 0 Å². The number of aromatic nitrogens is 3. The number of nitrogens with one attached hydrogen (secondary N) is 1. The van der Waals surface area contributed by atoms with Gasteiger partial charge in [0, 0.05) is 30.7 Å². The molecule has 0 atom stereocenters. The summed E-state index contributed by atoms with van der Waals surface area (Å²) in [5.74, 6) is -0.00592. The summed E-state index contributed by atoms with van der Waals surface area (Å²) in [7, 11) is 2.01. The van der Waals surface area contributed by atoms with Gasteiger partial charge in [0.2, 0.25) is 5.91 Å². The van der Waals surface area contributed by atoms with Crippen LogP contribution in [-0.4, -0.2) is 20.3 Å². The number of carbonyl (C=O) groups is 1. The zero-order valence-corrected chi connectivity index (χ0v) is 14.8. The van der Waals surface area contributed by atoms with E-state index >= 15 is 0 Å². The number of amides is 1. The van der Waals surface area contributed by atoms with E-state index in [1.54, 1.807) is 0 Å². The first-order chi connectivity index (χ1) is 11.5. The molecule has 0 aliphatic carbocycles. The van der Waals surface area contributed by atoms with Crippen LogP contribution in [0.15, 0.2) is 30.5 Å². The highest BCUT2D eigenvalue weighted by molar-refractivity contribution is 5.96. The second-order valence-corrected chi connectivity index (χ2v) is 6.28. The lowest BCUT2D eigenvalue weighted by molar-refractivity contribution is -0.115. The Balaban J connectivity index is 1.81. The van der Waals surface area contributed by atoms with Crippen LogP contribution in [-0.2, 0) is 24.8 Å². The average Bonchev–Trinajstić information content (AvgIpc) is 3.00. The van der Waals surface area contributed by atoms with Gasteiger partial charge in [-0.25, -0.2) is 0 Å². The van der Waals surface area contributed by atoms with E-state index in [1.165, 1.54) is 0 Å². The third-order valence-electron chi connectivity index (χ3n) is 4.41. The molecular weight excluding hydrogens is 300 g/mol. The molecule has 3 aromatic rings. The van der Waals surface area contributed by atoms with Crippen LogP contribution in [0.4, 0.5) is 5.69 Å². The molecule has 2 aromatic heterocycles. The summed E-state index contributed by atoms with van der Waals surface area (Å²) in [5, 5.41) is 8.69. The monoisotopic (exact) mass is 324 g/mol. The van der Waals surface area contributed by atoms with Crippen LogP contribution in [0.25, 0.3) is 10.9 Å². The molecule has 5 heteroatoms. The van der Waals surface area contributed by atoms with Crippen molar-refractivity contribution in [2.45, 2.75) is 40.2 Å². The minimum atomic E-state index is -0.00592. The van der Waals surface area contributed by atoms with Gasteiger partial charge in [-0.2, -0.15) is 5.10 Å². The SMILES string of the molecule is CCCn1nc(C)c(NC(=O)Cc2cn(C)c3ccccc23)c1C. The van der Waals surface area contributed by atoms with E-state index in [9.17, 15) is 4.79 Å². The Morgan fingerprint density at radius 1 is 1.25 bits per heavy atom. The molecule has 126 valence electrons. The van der Waals surface area contributed by atoms with Crippen LogP contribution in [0.5, 0.6) is 0 Å². The van der Waals surface area contributed by atoms with E-state index in [1.807, 2.05) is 43.9 Å². The third-order valence-corrected chi connectivity index (χ3v) is 4.41. The van der Waals surface area contributed by atoms with Crippen molar-refractivity contribution in [3.05, 3.63) is 47.4 Å². The fraction of sp³-hybridized carbons (Fsp3) is 0.368. The van der Waals surface area contributed by atoms with Gasteiger partial charge in [-0.05, 0) is 31.9 Å². The molecule has 1 amide bonds. The molecule has 1 aromatic carbocycles. The molecule has 0 saturated heterocycles. The lowest BCUT2D eigenvalue weighted by Gasteiger charge is -2.06. The number of carbonyl (C=O) groups excluding carboxylic acids is 1. The normalized spacial score (nSPS) is 11.2. The summed E-state index contributed by atoms with van der Waals surface area (Å²) in [6.07, 6.45) is 3.41. The van der Waals surface area contributed by atoms with E-state index in [0.29, 0.717) is 6.42 Å². The summed E-state index contributed by atoms with van der Waals surface area (Å²) in [4.78, 5) is 12.5. The Kier molecular flexibility index (Phi) is 4.42. The predicted molar refractivity (Wildman–Crippen MR) is 97.2 cm³/mol. The van der Waals surface area contributed by atoms with Gasteiger partial charge in [-0.3, -0.25) is 9.48 Å². The first-order valence-corrected chi connectivity index (χ1v) is 8.38. The third kappa shape index (κ3) is 2.94. The number of hydrogen-bond acceptors (Lipinski definition) is 2. The first-order valence-electron chi connectivity index (χ1n) is 8.38. The fourth-order valence-corrected chi connectivity index (χ4v) is 3.23. The van der Waals surface area contributed by atoms with Gasteiger partial charge < -0.3 is 9.88 Å². The zero-order chi connectivity index (χ0) is 17.3. The second-order valence-electron chi connectivity index (χ2n) is 6.28. The standard InChI is InChI=1S/C19H24N4O/c1-5-10-23-14(3)19(13(2)21-23)20-18(24)11-15-12-22(4)17-9-7-6-8-16(15)17/h6-9,12H,5,10-11H2,1-4H3,(H,20,24). The maximum atomic E-state index is 12.5. The number of aryl methyl sites for hydroxylation is 3. The quantitative estimate of drug-likeness (QED) is 0.780. The Hall–Kier alpha value is -2.56. The van der Waals surface area contributed by atoms with Crippen molar-refractivity contribution in [3.8, 4) is 0 Å². The molecule has 0 saturated carbocycles. The molecular formula is C19H24N4O. The number of hydrogen-bond donors (Lipinski definition) is 1. The van der Waals surface area contributed by atoms with E-state index in [4.69, 9.17) is 0 Å². The predicted octanol–water partition coefficient (Wildman–Crippen LogP) is 3.58. The molecule has 0 spiro atoms. The van der Waals surface area contributed by atoms with Crippen LogP contribution in [0.3, 0.4) is 0 Å². The van der Waals surface area contributed by atoms with Crippen LogP contribution in [0, 0.1) is 13.8 Å². The smallest absolute Gasteiger partial charge is 0.228 e. The maximum absolute atomic E-state index is 12.5. The number of benzene rings is 1. The molecule has 24 heavy (non-hydrogen) atoms. The van der Waals surface area contributed by atoms with Crippen molar-refractivity contribution in [2.24, 2.45) is 7.05 Å². The van der Waals surface area contributed by atoms with Crippen molar-refractivity contribution in [1.29, 1.82) is 0 Å². The highest BCUT2D eigenvalue weighted by Gasteiger charge is 2.15. The Labute approximate surface area is 142 Å². The Bertz CT molecular complexity index is 888. The summed E-state index contributed by atoms with van der Waals surface area (Å²) in [6.45, 7) is 6.93.